The zero-order valence-electron chi connectivity index (χ0n) is 13.3. The van der Waals surface area contributed by atoms with Gasteiger partial charge in [-0.3, -0.25) is 0 Å². The van der Waals surface area contributed by atoms with Crippen LogP contribution >= 0.6 is 0 Å². The van der Waals surface area contributed by atoms with Gasteiger partial charge in [-0.05, 0) is 31.1 Å². The van der Waals surface area contributed by atoms with Gasteiger partial charge in [0, 0.05) is 27.6 Å². The Morgan fingerprint density at radius 3 is 2.52 bits per heavy atom. The predicted octanol–water partition coefficient (Wildman–Crippen LogP) is 2.06. The summed E-state index contributed by atoms with van der Waals surface area (Å²) < 4.78 is 66.2. The molecule has 3 aliphatic rings. The average Bonchev–Trinajstić information content (AvgIpc) is 2.83. The van der Waals surface area contributed by atoms with Gasteiger partial charge >= 0.3 is 6.18 Å². The van der Waals surface area contributed by atoms with Crippen LogP contribution in [0.25, 0.3) is 0 Å². The zero-order valence-corrected chi connectivity index (χ0v) is 17.1. The monoisotopic (exact) mass is 543 g/mol. The fourth-order valence-corrected chi connectivity index (χ4v) is 6.42. The Labute approximate surface area is 159 Å². The maximum Gasteiger partial charge on any atom is 0.402 e. The van der Waals surface area contributed by atoms with Crippen molar-refractivity contribution in [1.29, 1.82) is 0 Å². The van der Waals surface area contributed by atoms with Crippen molar-refractivity contribution in [3.05, 3.63) is 35.4 Å². The van der Waals surface area contributed by atoms with Crippen LogP contribution in [0.15, 0.2) is 18.2 Å². The Kier molecular flexibility index (Phi) is 4.89. The van der Waals surface area contributed by atoms with Crippen molar-refractivity contribution < 1.29 is 42.7 Å². The van der Waals surface area contributed by atoms with E-state index in [2.05, 4.69) is 10.8 Å². The minimum atomic E-state index is -4.54. The average molecular weight is 543 g/mol. The molecule has 0 amide bonds. The first-order valence-electron chi connectivity index (χ1n) is 8.03. The van der Waals surface area contributed by atoms with Crippen molar-refractivity contribution in [2.24, 2.45) is 11.8 Å². The van der Waals surface area contributed by atoms with Crippen molar-refractivity contribution >= 4 is 10.2 Å². The second-order valence-electron chi connectivity index (χ2n) is 7.10. The van der Waals surface area contributed by atoms with Crippen LogP contribution in [0.4, 0.5) is 13.2 Å². The molecule has 9 heteroatoms. The van der Waals surface area contributed by atoms with E-state index in [9.17, 15) is 21.6 Å². The summed E-state index contributed by atoms with van der Waals surface area (Å²) in [5, 5.41) is 0. The first-order chi connectivity index (χ1) is 11.2. The van der Waals surface area contributed by atoms with Gasteiger partial charge in [0.25, 0.3) is 10.2 Å². The van der Waals surface area contributed by atoms with Gasteiger partial charge in [-0.2, -0.15) is 66.0 Å². The Morgan fingerprint density at radius 2 is 1.88 bits per heavy atom. The van der Waals surface area contributed by atoms with E-state index < -0.39 is 28.5 Å². The molecule has 1 aliphatic heterocycles. The van der Waals surface area contributed by atoms with E-state index >= 15 is 0 Å². The van der Waals surface area contributed by atoms with Crippen LogP contribution in [0.2, 0.25) is 0 Å². The van der Waals surface area contributed by atoms with Crippen LogP contribution in [0, 0.1) is 17.9 Å². The SMILES string of the molecule is O=S1(=O)N[C@]2(CN1CC(F)(F)F)[C@@H]1CC[C@H]2Cc2c[c-]ccc2C1.[W]. The normalized spacial score (nSPS) is 33.7. The van der Waals surface area contributed by atoms with Crippen molar-refractivity contribution in [1.82, 2.24) is 9.03 Å². The van der Waals surface area contributed by atoms with E-state index in [0.717, 1.165) is 24.0 Å². The molecule has 0 radical (unpaired) electrons. The van der Waals surface area contributed by atoms with Gasteiger partial charge in [0.15, 0.2) is 0 Å². The molecule has 2 fully saturated rings. The van der Waals surface area contributed by atoms with Gasteiger partial charge in [0.05, 0.1) is 5.54 Å². The molecule has 2 bridgehead atoms. The zero-order chi connectivity index (χ0) is 17.2. The summed E-state index contributed by atoms with van der Waals surface area (Å²) in [6.07, 6.45) is -1.48. The summed E-state index contributed by atoms with van der Waals surface area (Å²) in [4.78, 5) is 0. The molecule has 1 aromatic rings. The quantitative estimate of drug-likeness (QED) is 0.552. The summed E-state index contributed by atoms with van der Waals surface area (Å²) in [7, 11) is -4.10. The Hall–Kier alpha value is -0.432. The molecule has 1 saturated carbocycles. The Balaban J connectivity index is 0.00000182. The smallest absolute Gasteiger partial charge is 0.195 e. The van der Waals surface area contributed by atoms with Crippen LogP contribution in [-0.2, 0) is 44.1 Å². The number of hydrogen-bond acceptors (Lipinski definition) is 2. The third kappa shape index (κ3) is 3.31. The number of nitrogens with one attached hydrogen (secondary N) is 1. The van der Waals surface area contributed by atoms with E-state index in [-0.39, 0.29) is 39.4 Å². The van der Waals surface area contributed by atoms with Crippen LogP contribution in [0.5, 0.6) is 0 Å². The number of fused-ring (bicyclic) bond motifs is 1. The molecule has 4 rings (SSSR count). The van der Waals surface area contributed by atoms with Gasteiger partial charge in [-0.1, -0.05) is 6.42 Å². The standard InChI is InChI=1S/C16H18F3N2O2S.W/c17-16(18,19)10-21-9-15(20-24(21,22)23)13-5-6-14(15)8-12-4-2-1-3-11(12)7-13;/h1,3-4,13-14,20H,5-10H2;/q-1;/t13-,14+,15-;/m1./s1. The summed E-state index contributed by atoms with van der Waals surface area (Å²) >= 11 is 0. The van der Waals surface area contributed by atoms with Crippen LogP contribution in [-0.4, -0.2) is 37.5 Å². The minimum Gasteiger partial charge on any atom is -0.195 e. The van der Waals surface area contributed by atoms with E-state index in [1.165, 1.54) is 0 Å². The molecule has 4 nitrogen and oxygen atoms in total. The minimum absolute atomic E-state index is 0. The maximum atomic E-state index is 12.8. The van der Waals surface area contributed by atoms with Crippen molar-refractivity contribution in [2.75, 3.05) is 13.1 Å². The molecule has 1 heterocycles. The van der Waals surface area contributed by atoms with Gasteiger partial charge in [0.2, 0.25) is 0 Å². The Bertz CT molecular complexity index is 736. The number of alkyl halides is 3. The maximum absolute atomic E-state index is 12.8. The topological polar surface area (TPSA) is 49.4 Å². The van der Waals surface area contributed by atoms with Crippen molar-refractivity contribution in [3.63, 3.8) is 0 Å². The third-order valence-electron chi connectivity index (χ3n) is 5.76. The molecule has 1 saturated heterocycles. The second-order valence-corrected chi connectivity index (χ2v) is 8.78. The first-order valence-corrected chi connectivity index (χ1v) is 9.47. The molecule has 25 heavy (non-hydrogen) atoms. The van der Waals surface area contributed by atoms with Crippen molar-refractivity contribution in [2.45, 2.75) is 37.4 Å². The van der Waals surface area contributed by atoms with E-state index in [0.29, 0.717) is 17.1 Å². The largest absolute Gasteiger partial charge is 0.402 e. The molecule has 3 atom stereocenters. The van der Waals surface area contributed by atoms with Crippen molar-refractivity contribution in [3.8, 4) is 0 Å². The van der Waals surface area contributed by atoms with Gasteiger partial charge < -0.3 is 0 Å². The summed E-state index contributed by atoms with van der Waals surface area (Å²) in [5.41, 5.74) is 1.51. The van der Waals surface area contributed by atoms with Crippen LogP contribution < -0.4 is 4.72 Å². The number of benzene rings is 1. The molecule has 0 aromatic heterocycles. The molecular weight excluding hydrogens is 525 g/mol. The number of rotatable bonds is 1. The van der Waals surface area contributed by atoms with Gasteiger partial charge in [-0.15, -0.1) is 0 Å². The molecule has 138 valence electrons. The predicted molar refractivity (Wildman–Crippen MR) is 81.3 cm³/mol. The van der Waals surface area contributed by atoms with Gasteiger partial charge in [0.1, 0.15) is 6.54 Å². The van der Waals surface area contributed by atoms with E-state index in [1.54, 1.807) is 0 Å². The molecule has 1 N–H and O–H groups in total. The fourth-order valence-electron chi connectivity index (χ4n) is 4.72. The number of halogens is 3. The molecular formula is C16H18F3N2O2SW-. The first kappa shape index (κ1) is 19.3. The second kappa shape index (κ2) is 6.32. The van der Waals surface area contributed by atoms with Crippen LogP contribution in [0.1, 0.15) is 24.0 Å². The molecule has 0 unspecified atom stereocenters. The summed E-state index contributed by atoms with van der Waals surface area (Å²) in [5.74, 6) is 0.0479. The molecule has 1 spiro atoms. The third-order valence-corrected chi connectivity index (χ3v) is 7.33. The summed E-state index contributed by atoms with van der Waals surface area (Å²) in [6, 6.07) is 8.78. The number of nitrogens with zero attached hydrogens (tertiary/aromatic N) is 1. The van der Waals surface area contributed by atoms with Crippen LogP contribution in [0.3, 0.4) is 0 Å². The van der Waals surface area contributed by atoms with Gasteiger partial charge in [-0.25, -0.2) is 0 Å². The van der Waals surface area contributed by atoms with E-state index in [4.69, 9.17) is 0 Å². The summed E-state index contributed by atoms with van der Waals surface area (Å²) in [6.45, 7) is -1.52. The molecule has 2 aliphatic carbocycles. The van der Waals surface area contributed by atoms with E-state index in [1.807, 2.05) is 18.2 Å². The number of hydrogen-bond donors (Lipinski definition) is 1. The molecule has 1 aromatic carbocycles. The fraction of sp³-hybridized carbons (Fsp3) is 0.625. The Morgan fingerprint density at radius 1 is 1.24 bits per heavy atom.